The molecule has 0 fully saturated rings. The summed E-state index contributed by atoms with van der Waals surface area (Å²) < 4.78 is 13.4. The molecule has 0 amide bonds. The molecule has 0 aromatic rings. The van der Waals surface area contributed by atoms with E-state index in [1.165, 1.54) is 0 Å². The van der Waals surface area contributed by atoms with E-state index in [0.29, 0.717) is 10.5 Å². The van der Waals surface area contributed by atoms with Crippen LogP contribution in [0.3, 0.4) is 0 Å². The van der Waals surface area contributed by atoms with Gasteiger partial charge in [0.05, 0.1) is 0 Å². The predicted molar refractivity (Wildman–Crippen MR) is 22.2 cm³/mol. The molecular weight excluding hydrogens is 107 g/mol. The van der Waals surface area contributed by atoms with Crippen molar-refractivity contribution in [2.24, 2.45) is 0 Å². The van der Waals surface area contributed by atoms with Crippen molar-refractivity contribution in [3.63, 3.8) is 0 Å². The molecule has 0 aromatic heterocycles. The van der Waals surface area contributed by atoms with E-state index in [1.54, 1.807) is 0 Å². The van der Waals surface area contributed by atoms with Gasteiger partial charge in [0.15, 0.2) is 10.5 Å². The van der Waals surface area contributed by atoms with Crippen molar-refractivity contribution in [1.29, 1.82) is 0 Å². The zero-order chi connectivity index (χ0) is 4.28. The molecule has 5 heteroatoms. The van der Waals surface area contributed by atoms with Gasteiger partial charge in [0.1, 0.15) is 0 Å². The second kappa shape index (κ2) is 2.60. The van der Waals surface area contributed by atoms with Crippen LogP contribution in [0.5, 0.6) is 0 Å². The normalized spacial score (nSPS) is 15.4. The molecule has 0 saturated heterocycles. The summed E-state index contributed by atoms with van der Waals surface area (Å²) in [6, 6.07) is 0. The van der Waals surface area contributed by atoms with Crippen LogP contribution >= 0.6 is 8.25 Å². The molecular formula is H5O3PSi. The van der Waals surface area contributed by atoms with Gasteiger partial charge in [0.2, 0.25) is 0 Å². The second-order valence-corrected chi connectivity index (χ2v) is 2.63. The van der Waals surface area contributed by atoms with Gasteiger partial charge in [-0.3, -0.25) is 4.57 Å². The molecule has 1 unspecified atom stereocenters. The maximum absolute atomic E-state index is 9.37. The average molecular weight is 112 g/mol. The van der Waals surface area contributed by atoms with Crippen LogP contribution in [0.25, 0.3) is 0 Å². The largest absolute Gasteiger partial charge is 0.365 e. The van der Waals surface area contributed by atoms with Crippen molar-refractivity contribution in [2.45, 2.75) is 0 Å². The summed E-state index contributed by atoms with van der Waals surface area (Å²) in [5.41, 5.74) is 0. The lowest BCUT2D eigenvalue weighted by Gasteiger charge is -1.79. The smallest absolute Gasteiger partial charge is 0.305 e. The lowest BCUT2D eigenvalue weighted by atomic mass is 15.8. The van der Waals surface area contributed by atoms with Crippen molar-refractivity contribution in [3.05, 3.63) is 0 Å². The minimum Gasteiger partial charge on any atom is -0.365 e. The molecule has 1 atom stereocenters. The third kappa shape index (κ3) is 4.37. The average Bonchev–Trinajstić information content (AvgIpc) is 1.38. The Labute approximate surface area is 33.5 Å². The van der Waals surface area contributed by atoms with Crippen LogP contribution < -0.4 is 0 Å². The Bertz CT molecular complexity index is 42.2. The van der Waals surface area contributed by atoms with Crippen molar-refractivity contribution in [2.75, 3.05) is 0 Å². The minimum atomic E-state index is -2.56. The van der Waals surface area contributed by atoms with Gasteiger partial charge in [-0.25, -0.2) is 0 Å². The number of rotatable bonds is 1. The summed E-state index contributed by atoms with van der Waals surface area (Å²) in [7, 11) is -2.21. The summed E-state index contributed by atoms with van der Waals surface area (Å²) >= 11 is 0. The first-order valence-corrected chi connectivity index (χ1v) is 3.12. The molecule has 32 valence electrons. The molecule has 0 radical (unpaired) electrons. The van der Waals surface area contributed by atoms with E-state index < -0.39 is 8.25 Å². The Morgan fingerprint density at radius 2 is 2.20 bits per heavy atom. The van der Waals surface area contributed by atoms with Gasteiger partial charge in [-0.15, -0.1) is 0 Å². The van der Waals surface area contributed by atoms with Crippen LogP contribution in [0.2, 0.25) is 0 Å². The fourth-order valence-corrected chi connectivity index (χ4v) is 0. The van der Waals surface area contributed by atoms with E-state index in [4.69, 9.17) is 4.89 Å². The van der Waals surface area contributed by atoms with Crippen LogP contribution in [0.1, 0.15) is 0 Å². The molecule has 0 aliphatic carbocycles. The van der Waals surface area contributed by atoms with Gasteiger partial charge < -0.3 is 9.11 Å². The lowest BCUT2D eigenvalue weighted by molar-refractivity contribution is 0.424. The van der Waals surface area contributed by atoms with Gasteiger partial charge in [0.25, 0.3) is 0 Å². The molecule has 0 spiro atoms. The molecule has 3 nitrogen and oxygen atoms in total. The molecule has 0 aliphatic rings. The monoisotopic (exact) mass is 112 g/mol. The van der Waals surface area contributed by atoms with Crippen molar-refractivity contribution < 1.29 is 13.7 Å². The fourth-order valence-electron chi connectivity index (χ4n) is 0. The van der Waals surface area contributed by atoms with E-state index >= 15 is 0 Å². The molecule has 1 N–H and O–H groups in total. The molecule has 0 aromatic carbocycles. The second-order valence-electron chi connectivity index (χ2n) is 0.470. The van der Waals surface area contributed by atoms with Crippen LogP contribution in [-0.4, -0.2) is 15.4 Å². The molecule has 0 bridgehead atoms. The van der Waals surface area contributed by atoms with Gasteiger partial charge >= 0.3 is 8.25 Å². The minimum absolute atomic E-state index is 0.356. The Morgan fingerprint density at radius 3 is 2.20 bits per heavy atom. The first-order chi connectivity index (χ1) is 2.27. The van der Waals surface area contributed by atoms with E-state index in [-0.39, 0.29) is 0 Å². The van der Waals surface area contributed by atoms with Crippen LogP contribution in [0.15, 0.2) is 0 Å². The Kier molecular flexibility index (Phi) is 2.79. The topological polar surface area (TPSA) is 46.5 Å². The highest BCUT2D eigenvalue weighted by atomic mass is 31.1. The van der Waals surface area contributed by atoms with E-state index in [0.717, 1.165) is 0 Å². The van der Waals surface area contributed by atoms with E-state index in [2.05, 4.69) is 4.21 Å². The molecule has 0 aliphatic heterocycles. The lowest BCUT2D eigenvalue weighted by Crippen LogP contribution is -1.61. The molecule has 5 heavy (non-hydrogen) atoms. The highest BCUT2D eigenvalue weighted by molar-refractivity contribution is 7.33. The molecule has 0 heterocycles. The third-order valence-electron chi connectivity index (χ3n) is 0.175. The maximum Gasteiger partial charge on any atom is 0.305 e. The predicted octanol–water partition coefficient (Wildman–Crippen LogP) is -1.33. The third-order valence-corrected chi connectivity index (χ3v) is 1.57. The SMILES string of the molecule is O=[PH](O)O[SiH3]. The Hall–Kier alpha value is 0.367. The Balaban J connectivity index is 2.85. The van der Waals surface area contributed by atoms with Crippen LogP contribution in [0.4, 0.5) is 0 Å². The van der Waals surface area contributed by atoms with Crippen molar-refractivity contribution >= 4 is 18.7 Å². The Morgan fingerprint density at radius 1 is 2.00 bits per heavy atom. The van der Waals surface area contributed by atoms with Gasteiger partial charge in [-0.2, -0.15) is 0 Å². The first-order valence-electron chi connectivity index (χ1n) is 1.04. The van der Waals surface area contributed by atoms with Crippen molar-refractivity contribution in [3.8, 4) is 0 Å². The van der Waals surface area contributed by atoms with Gasteiger partial charge in [-0.1, -0.05) is 0 Å². The number of hydrogen-bond acceptors (Lipinski definition) is 2. The quantitative estimate of drug-likeness (QED) is 0.337. The van der Waals surface area contributed by atoms with Gasteiger partial charge in [-0.05, 0) is 0 Å². The summed E-state index contributed by atoms with van der Waals surface area (Å²) in [5.74, 6) is 0. The zero-order valence-corrected chi connectivity index (χ0v) is 5.76. The maximum atomic E-state index is 9.37. The summed E-state index contributed by atoms with van der Waals surface area (Å²) in [5, 5.41) is 0. The standard InChI is InChI=1S/H5O3PSi/c1-4(2)3-5/h4H,5H3,(H,1,2). The highest BCUT2D eigenvalue weighted by Crippen LogP contribution is 2.08. The van der Waals surface area contributed by atoms with E-state index in [9.17, 15) is 4.57 Å². The molecule has 0 saturated carbocycles. The van der Waals surface area contributed by atoms with E-state index in [1.807, 2.05) is 0 Å². The number of hydrogen-bond donors (Lipinski definition) is 1. The summed E-state index contributed by atoms with van der Waals surface area (Å²) in [6.07, 6.45) is 0. The van der Waals surface area contributed by atoms with Crippen molar-refractivity contribution in [1.82, 2.24) is 0 Å². The highest BCUT2D eigenvalue weighted by Gasteiger charge is 1.73. The summed E-state index contributed by atoms with van der Waals surface area (Å²) in [4.78, 5) is 7.72. The summed E-state index contributed by atoms with van der Waals surface area (Å²) in [6.45, 7) is 0. The zero-order valence-electron chi connectivity index (χ0n) is 2.76. The molecule has 0 rings (SSSR count). The van der Waals surface area contributed by atoms with Crippen LogP contribution in [-0.2, 0) is 8.78 Å². The fraction of sp³-hybridized carbons (Fsp3) is 0. The first kappa shape index (κ1) is 5.37. The van der Waals surface area contributed by atoms with Gasteiger partial charge in [0, 0.05) is 0 Å². The van der Waals surface area contributed by atoms with Crippen LogP contribution in [0, 0.1) is 0 Å².